The molecule has 0 aliphatic heterocycles. The molecule has 0 radical (unpaired) electrons. The van der Waals surface area contributed by atoms with Crippen molar-refractivity contribution in [3.05, 3.63) is 30.2 Å². The molecule has 0 aliphatic carbocycles. The number of nitrogens with zero attached hydrogens (tertiary/aromatic N) is 2. The third kappa shape index (κ3) is 2.05. The van der Waals surface area contributed by atoms with Crippen LogP contribution in [0.3, 0.4) is 0 Å². The molecule has 0 amide bonds. The summed E-state index contributed by atoms with van der Waals surface area (Å²) in [5.74, 6) is 2.34. The summed E-state index contributed by atoms with van der Waals surface area (Å²) in [6.45, 7) is 4.04. The molecule has 0 fully saturated rings. The lowest BCUT2D eigenvalue weighted by atomic mass is 10.2. The highest BCUT2D eigenvalue weighted by molar-refractivity contribution is 5.55. The molecule has 0 saturated heterocycles. The van der Waals surface area contributed by atoms with Gasteiger partial charge in [-0.05, 0) is 24.3 Å². The van der Waals surface area contributed by atoms with Gasteiger partial charge in [0.1, 0.15) is 5.75 Å². The van der Waals surface area contributed by atoms with E-state index in [2.05, 4.69) is 10.1 Å². The third-order valence-corrected chi connectivity index (χ3v) is 2.28. The smallest absolute Gasteiger partial charge is 0.229 e. The molecule has 0 saturated carbocycles. The van der Waals surface area contributed by atoms with Crippen LogP contribution in [0.15, 0.2) is 28.8 Å². The van der Waals surface area contributed by atoms with Crippen molar-refractivity contribution in [1.82, 2.24) is 10.1 Å². The first-order valence-electron chi connectivity index (χ1n) is 5.18. The summed E-state index contributed by atoms with van der Waals surface area (Å²) in [7, 11) is 1.64. The predicted octanol–water partition coefficient (Wildman–Crippen LogP) is 2.87. The molecule has 0 unspecified atom stereocenters. The maximum absolute atomic E-state index is 5.14. The Morgan fingerprint density at radius 2 is 1.88 bits per heavy atom. The standard InChI is InChI=1S/C12H14N2O2/c1-8(2)12-13-11(14-16-12)9-4-6-10(15-3)7-5-9/h4-8H,1-3H3. The molecule has 2 aromatic rings. The zero-order valence-corrected chi connectivity index (χ0v) is 9.60. The molecule has 0 atom stereocenters. The van der Waals surface area contributed by atoms with Crippen LogP contribution in [0.1, 0.15) is 25.7 Å². The van der Waals surface area contributed by atoms with Gasteiger partial charge in [0.25, 0.3) is 0 Å². The summed E-state index contributed by atoms with van der Waals surface area (Å²) in [5, 5.41) is 3.94. The summed E-state index contributed by atoms with van der Waals surface area (Å²) < 4.78 is 10.2. The fraction of sp³-hybridized carbons (Fsp3) is 0.333. The van der Waals surface area contributed by atoms with Crippen LogP contribution in [0.25, 0.3) is 11.4 Å². The van der Waals surface area contributed by atoms with Crippen LogP contribution in [0, 0.1) is 0 Å². The van der Waals surface area contributed by atoms with Crippen LogP contribution in [0.4, 0.5) is 0 Å². The highest BCUT2D eigenvalue weighted by Gasteiger charge is 2.11. The first-order valence-corrected chi connectivity index (χ1v) is 5.18. The minimum absolute atomic E-state index is 0.250. The Hall–Kier alpha value is -1.84. The van der Waals surface area contributed by atoms with Crippen molar-refractivity contribution < 1.29 is 9.26 Å². The van der Waals surface area contributed by atoms with Crippen LogP contribution >= 0.6 is 0 Å². The monoisotopic (exact) mass is 218 g/mol. The van der Waals surface area contributed by atoms with Crippen molar-refractivity contribution in [2.24, 2.45) is 0 Å². The van der Waals surface area contributed by atoms with E-state index in [0.717, 1.165) is 11.3 Å². The van der Waals surface area contributed by atoms with Gasteiger partial charge in [-0.1, -0.05) is 19.0 Å². The second kappa shape index (κ2) is 4.35. The molecule has 2 rings (SSSR count). The molecule has 0 aliphatic rings. The van der Waals surface area contributed by atoms with Crippen LogP contribution in [-0.2, 0) is 0 Å². The van der Waals surface area contributed by atoms with Gasteiger partial charge in [0.2, 0.25) is 11.7 Å². The minimum Gasteiger partial charge on any atom is -0.497 e. The molecule has 4 nitrogen and oxygen atoms in total. The number of benzene rings is 1. The van der Waals surface area contributed by atoms with Crippen LogP contribution in [0.2, 0.25) is 0 Å². The number of aromatic nitrogens is 2. The van der Waals surface area contributed by atoms with E-state index in [0.29, 0.717) is 11.7 Å². The largest absolute Gasteiger partial charge is 0.497 e. The molecule has 0 N–H and O–H groups in total. The normalized spacial score (nSPS) is 10.8. The second-order valence-electron chi connectivity index (χ2n) is 3.84. The van der Waals surface area contributed by atoms with Crippen LogP contribution in [0.5, 0.6) is 5.75 Å². The van der Waals surface area contributed by atoms with Crippen molar-refractivity contribution in [2.75, 3.05) is 7.11 Å². The predicted molar refractivity (Wildman–Crippen MR) is 60.4 cm³/mol. The SMILES string of the molecule is COc1ccc(-c2noc(C(C)C)n2)cc1. The fourth-order valence-corrected chi connectivity index (χ4v) is 1.33. The molecule has 0 spiro atoms. The van der Waals surface area contributed by atoms with Gasteiger partial charge in [0.05, 0.1) is 7.11 Å². The van der Waals surface area contributed by atoms with Gasteiger partial charge >= 0.3 is 0 Å². The van der Waals surface area contributed by atoms with Gasteiger partial charge in [-0.2, -0.15) is 4.98 Å². The van der Waals surface area contributed by atoms with E-state index >= 15 is 0 Å². The third-order valence-electron chi connectivity index (χ3n) is 2.28. The summed E-state index contributed by atoms with van der Waals surface area (Å²) in [6.07, 6.45) is 0. The van der Waals surface area contributed by atoms with Gasteiger partial charge in [-0.3, -0.25) is 0 Å². The lowest BCUT2D eigenvalue weighted by molar-refractivity contribution is 0.365. The van der Waals surface area contributed by atoms with Gasteiger partial charge < -0.3 is 9.26 Å². The molecule has 4 heteroatoms. The zero-order valence-electron chi connectivity index (χ0n) is 9.60. The summed E-state index contributed by atoms with van der Waals surface area (Å²) in [5.41, 5.74) is 0.927. The molecule has 1 aromatic carbocycles. The van der Waals surface area contributed by atoms with Crippen LogP contribution < -0.4 is 4.74 Å². The van der Waals surface area contributed by atoms with Crippen molar-refractivity contribution in [3.63, 3.8) is 0 Å². The molecule has 1 heterocycles. The topological polar surface area (TPSA) is 48.2 Å². The average molecular weight is 218 g/mol. The molecule has 1 aromatic heterocycles. The highest BCUT2D eigenvalue weighted by Crippen LogP contribution is 2.21. The average Bonchev–Trinajstić information content (AvgIpc) is 2.78. The Labute approximate surface area is 94.2 Å². The second-order valence-corrected chi connectivity index (χ2v) is 3.84. The first-order chi connectivity index (χ1) is 7.70. The van der Waals surface area contributed by atoms with Gasteiger partial charge in [0, 0.05) is 11.5 Å². The van der Waals surface area contributed by atoms with E-state index in [9.17, 15) is 0 Å². The Kier molecular flexibility index (Phi) is 2.90. The Morgan fingerprint density at radius 1 is 1.19 bits per heavy atom. The Morgan fingerprint density at radius 3 is 2.38 bits per heavy atom. The van der Waals surface area contributed by atoms with Crippen LogP contribution in [-0.4, -0.2) is 17.3 Å². The summed E-state index contributed by atoms with van der Waals surface area (Å²) >= 11 is 0. The number of hydrogen-bond acceptors (Lipinski definition) is 4. The molecular formula is C12H14N2O2. The maximum Gasteiger partial charge on any atom is 0.229 e. The summed E-state index contributed by atoms with van der Waals surface area (Å²) in [4.78, 5) is 4.32. The lowest BCUT2D eigenvalue weighted by Crippen LogP contribution is -1.87. The number of methoxy groups -OCH3 is 1. The quantitative estimate of drug-likeness (QED) is 0.794. The van der Waals surface area contributed by atoms with Crippen molar-refractivity contribution >= 4 is 0 Å². The molecule has 84 valence electrons. The Bertz CT molecular complexity index is 460. The highest BCUT2D eigenvalue weighted by atomic mass is 16.5. The molecule has 16 heavy (non-hydrogen) atoms. The summed E-state index contributed by atoms with van der Waals surface area (Å²) in [6, 6.07) is 7.57. The number of ether oxygens (including phenoxy) is 1. The minimum atomic E-state index is 0.250. The van der Waals surface area contributed by atoms with E-state index in [-0.39, 0.29) is 5.92 Å². The van der Waals surface area contributed by atoms with E-state index in [1.165, 1.54) is 0 Å². The van der Waals surface area contributed by atoms with E-state index in [1.54, 1.807) is 7.11 Å². The molecular weight excluding hydrogens is 204 g/mol. The fourth-order valence-electron chi connectivity index (χ4n) is 1.33. The maximum atomic E-state index is 5.14. The van der Waals surface area contributed by atoms with E-state index in [4.69, 9.17) is 9.26 Å². The number of rotatable bonds is 3. The lowest BCUT2D eigenvalue weighted by Gasteiger charge is -1.99. The van der Waals surface area contributed by atoms with E-state index < -0.39 is 0 Å². The number of hydrogen-bond donors (Lipinski definition) is 0. The zero-order chi connectivity index (χ0) is 11.5. The van der Waals surface area contributed by atoms with Gasteiger partial charge in [-0.25, -0.2) is 0 Å². The first kappa shape index (κ1) is 10.7. The van der Waals surface area contributed by atoms with Crippen molar-refractivity contribution in [2.45, 2.75) is 19.8 Å². The van der Waals surface area contributed by atoms with Gasteiger partial charge in [0.15, 0.2) is 0 Å². The van der Waals surface area contributed by atoms with Gasteiger partial charge in [-0.15, -0.1) is 0 Å². The van der Waals surface area contributed by atoms with Crippen molar-refractivity contribution in [1.29, 1.82) is 0 Å². The molecule has 0 bridgehead atoms. The Balaban J connectivity index is 2.28. The van der Waals surface area contributed by atoms with E-state index in [1.807, 2.05) is 38.1 Å². The van der Waals surface area contributed by atoms with Crippen molar-refractivity contribution in [3.8, 4) is 17.1 Å².